The Morgan fingerprint density at radius 3 is 2.36 bits per heavy atom. The molecule has 0 saturated carbocycles. The summed E-state index contributed by atoms with van der Waals surface area (Å²) in [5, 5.41) is 16.6. The molecule has 0 spiro atoms. The molecule has 0 aliphatic carbocycles. The Morgan fingerprint density at radius 2 is 1.82 bits per heavy atom. The molecule has 0 bridgehead atoms. The molecule has 0 aliphatic rings. The fourth-order valence-corrected chi connectivity index (χ4v) is 1.75. The minimum absolute atomic E-state index is 0.119. The van der Waals surface area contributed by atoms with Crippen molar-refractivity contribution < 1.29 is 19.5 Å². The van der Waals surface area contributed by atoms with Gasteiger partial charge in [-0.2, -0.15) is 0 Å². The van der Waals surface area contributed by atoms with Crippen LogP contribution in [0.1, 0.15) is 5.56 Å². The number of rotatable bonds is 7. The summed E-state index contributed by atoms with van der Waals surface area (Å²) >= 11 is 0. The molecule has 0 heterocycles. The smallest absolute Gasteiger partial charge is 0.242 e. The minimum atomic E-state index is -0.781. The maximum absolute atomic E-state index is 11.8. The SMILES string of the molecule is CNC(=O)[C@H](Cc1ccc(O)cc1)NC(=O)CNC(=O)CN. The van der Waals surface area contributed by atoms with E-state index >= 15 is 0 Å². The molecule has 8 heteroatoms. The van der Waals surface area contributed by atoms with Crippen molar-refractivity contribution >= 4 is 17.7 Å². The molecule has 1 rings (SSSR count). The summed E-state index contributed by atoms with van der Waals surface area (Å²) < 4.78 is 0. The first-order valence-corrected chi connectivity index (χ1v) is 6.72. The van der Waals surface area contributed by atoms with E-state index in [4.69, 9.17) is 5.73 Å². The summed E-state index contributed by atoms with van der Waals surface area (Å²) in [7, 11) is 1.47. The number of hydrogen-bond acceptors (Lipinski definition) is 5. The quantitative estimate of drug-likeness (QED) is 0.407. The van der Waals surface area contributed by atoms with E-state index < -0.39 is 17.9 Å². The van der Waals surface area contributed by atoms with Crippen molar-refractivity contribution in [2.75, 3.05) is 20.1 Å². The highest BCUT2D eigenvalue weighted by atomic mass is 16.3. The molecule has 0 saturated heterocycles. The zero-order chi connectivity index (χ0) is 16.5. The number of nitrogens with one attached hydrogen (secondary N) is 3. The second kappa shape index (κ2) is 8.63. The highest BCUT2D eigenvalue weighted by Crippen LogP contribution is 2.11. The van der Waals surface area contributed by atoms with Crippen LogP contribution in [0.4, 0.5) is 0 Å². The van der Waals surface area contributed by atoms with Gasteiger partial charge in [0.2, 0.25) is 17.7 Å². The number of amides is 3. The number of carbonyl (C=O) groups excluding carboxylic acids is 3. The molecule has 0 unspecified atom stereocenters. The Labute approximate surface area is 128 Å². The van der Waals surface area contributed by atoms with Gasteiger partial charge < -0.3 is 26.8 Å². The summed E-state index contributed by atoms with van der Waals surface area (Å²) in [6.45, 7) is -0.460. The largest absolute Gasteiger partial charge is 0.508 e. The maximum Gasteiger partial charge on any atom is 0.242 e. The monoisotopic (exact) mass is 308 g/mol. The normalized spacial score (nSPS) is 11.4. The van der Waals surface area contributed by atoms with Gasteiger partial charge in [0.05, 0.1) is 13.1 Å². The van der Waals surface area contributed by atoms with E-state index in [-0.39, 0.29) is 31.2 Å². The van der Waals surface area contributed by atoms with Gasteiger partial charge in [-0.1, -0.05) is 12.1 Å². The summed E-state index contributed by atoms with van der Waals surface area (Å²) in [6.07, 6.45) is 0.260. The van der Waals surface area contributed by atoms with Crippen molar-refractivity contribution in [2.24, 2.45) is 5.73 Å². The predicted molar refractivity (Wildman–Crippen MR) is 79.9 cm³/mol. The summed E-state index contributed by atoms with van der Waals surface area (Å²) in [6, 6.07) is 5.54. The number of carbonyl (C=O) groups is 3. The maximum atomic E-state index is 11.8. The van der Waals surface area contributed by atoms with Crippen LogP contribution in [0.5, 0.6) is 5.75 Å². The summed E-state index contributed by atoms with van der Waals surface area (Å²) in [5.41, 5.74) is 5.89. The van der Waals surface area contributed by atoms with E-state index in [0.29, 0.717) is 0 Å². The molecule has 0 aromatic heterocycles. The number of nitrogens with two attached hydrogens (primary N) is 1. The standard InChI is InChI=1S/C14H20N4O4/c1-16-14(22)11(6-9-2-4-10(19)5-3-9)18-13(21)8-17-12(20)7-15/h2-5,11,19H,6-8,15H2,1H3,(H,16,22)(H,17,20)(H,18,21)/t11-/m0/s1. The van der Waals surface area contributed by atoms with Crippen LogP contribution in [-0.4, -0.2) is 49.0 Å². The molecule has 8 nitrogen and oxygen atoms in total. The van der Waals surface area contributed by atoms with Crippen molar-refractivity contribution in [3.05, 3.63) is 29.8 Å². The number of hydrogen-bond donors (Lipinski definition) is 5. The number of benzene rings is 1. The third kappa shape index (κ3) is 5.80. The van der Waals surface area contributed by atoms with Crippen LogP contribution < -0.4 is 21.7 Å². The lowest BCUT2D eigenvalue weighted by molar-refractivity contribution is -0.129. The number of likely N-dealkylation sites (N-methyl/N-ethyl adjacent to an activating group) is 1. The third-order valence-electron chi connectivity index (χ3n) is 2.91. The summed E-state index contributed by atoms with van der Waals surface area (Å²) in [4.78, 5) is 34.6. The predicted octanol–water partition coefficient (Wildman–Crippen LogP) is -1.76. The van der Waals surface area contributed by atoms with Crippen LogP contribution in [-0.2, 0) is 20.8 Å². The van der Waals surface area contributed by atoms with E-state index in [0.717, 1.165) is 5.56 Å². The van der Waals surface area contributed by atoms with E-state index in [2.05, 4.69) is 16.0 Å². The van der Waals surface area contributed by atoms with Crippen molar-refractivity contribution in [1.29, 1.82) is 0 Å². The highest BCUT2D eigenvalue weighted by molar-refractivity contribution is 5.90. The van der Waals surface area contributed by atoms with E-state index in [1.54, 1.807) is 12.1 Å². The first-order valence-electron chi connectivity index (χ1n) is 6.72. The van der Waals surface area contributed by atoms with Gasteiger partial charge in [0, 0.05) is 13.5 Å². The number of phenolic OH excluding ortho intramolecular Hbond substituents is 1. The molecule has 6 N–H and O–H groups in total. The van der Waals surface area contributed by atoms with Gasteiger partial charge in [-0.15, -0.1) is 0 Å². The molecular weight excluding hydrogens is 288 g/mol. The lowest BCUT2D eigenvalue weighted by atomic mass is 10.0. The third-order valence-corrected chi connectivity index (χ3v) is 2.91. The fourth-order valence-electron chi connectivity index (χ4n) is 1.75. The highest BCUT2D eigenvalue weighted by Gasteiger charge is 2.20. The van der Waals surface area contributed by atoms with Crippen LogP contribution in [0.15, 0.2) is 24.3 Å². The second-order valence-corrected chi connectivity index (χ2v) is 4.59. The van der Waals surface area contributed by atoms with Gasteiger partial charge in [0.15, 0.2) is 0 Å². The average molecular weight is 308 g/mol. The first-order chi connectivity index (χ1) is 10.5. The van der Waals surface area contributed by atoms with Gasteiger partial charge >= 0.3 is 0 Å². The van der Waals surface area contributed by atoms with Crippen molar-refractivity contribution in [2.45, 2.75) is 12.5 Å². The summed E-state index contributed by atoms with van der Waals surface area (Å²) in [5.74, 6) is -1.18. The van der Waals surface area contributed by atoms with E-state index in [1.165, 1.54) is 19.2 Å². The van der Waals surface area contributed by atoms with Crippen molar-refractivity contribution in [3.8, 4) is 5.75 Å². The second-order valence-electron chi connectivity index (χ2n) is 4.59. The Balaban J connectivity index is 2.64. The number of phenols is 1. The zero-order valence-electron chi connectivity index (χ0n) is 12.3. The molecule has 0 aliphatic heterocycles. The van der Waals surface area contributed by atoms with Crippen molar-refractivity contribution in [1.82, 2.24) is 16.0 Å². The van der Waals surface area contributed by atoms with Gasteiger partial charge in [-0.05, 0) is 17.7 Å². The first kappa shape index (κ1) is 17.4. The van der Waals surface area contributed by atoms with Gasteiger partial charge in [-0.3, -0.25) is 14.4 Å². The molecule has 3 amide bonds. The molecule has 1 atom stereocenters. The Bertz CT molecular complexity index is 530. The lowest BCUT2D eigenvalue weighted by Crippen LogP contribution is -2.50. The van der Waals surface area contributed by atoms with E-state index in [1.807, 2.05) is 0 Å². The van der Waals surface area contributed by atoms with Gasteiger partial charge in [0.25, 0.3) is 0 Å². The Hall–Kier alpha value is -2.61. The molecule has 1 aromatic rings. The molecule has 22 heavy (non-hydrogen) atoms. The average Bonchev–Trinajstić information content (AvgIpc) is 2.53. The van der Waals surface area contributed by atoms with Crippen LogP contribution in [0.25, 0.3) is 0 Å². The molecule has 0 radical (unpaired) electrons. The van der Waals surface area contributed by atoms with Crippen LogP contribution in [0, 0.1) is 0 Å². The molecule has 120 valence electrons. The van der Waals surface area contributed by atoms with Crippen LogP contribution in [0.3, 0.4) is 0 Å². The Kier molecular flexibility index (Phi) is 6.84. The molecule has 0 fully saturated rings. The van der Waals surface area contributed by atoms with Crippen LogP contribution >= 0.6 is 0 Å². The van der Waals surface area contributed by atoms with Crippen LogP contribution in [0.2, 0.25) is 0 Å². The zero-order valence-corrected chi connectivity index (χ0v) is 12.3. The topological polar surface area (TPSA) is 134 Å². The lowest BCUT2D eigenvalue weighted by Gasteiger charge is -2.17. The van der Waals surface area contributed by atoms with Gasteiger partial charge in [0.1, 0.15) is 11.8 Å². The molecule has 1 aromatic carbocycles. The minimum Gasteiger partial charge on any atom is -0.508 e. The molecular formula is C14H20N4O4. The van der Waals surface area contributed by atoms with Crippen molar-refractivity contribution in [3.63, 3.8) is 0 Å². The van der Waals surface area contributed by atoms with Gasteiger partial charge in [-0.25, -0.2) is 0 Å². The fraction of sp³-hybridized carbons (Fsp3) is 0.357. The Morgan fingerprint density at radius 1 is 1.18 bits per heavy atom. The number of aromatic hydroxyl groups is 1. The van der Waals surface area contributed by atoms with E-state index in [9.17, 15) is 19.5 Å².